The highest BCUT2D eigenvalue weighted by atomic mass is 79.9. The quantitative estimate of drug-likeness (QED) is 0.900. The molecule has 0 spiro atoms. The summed E-state index contributed by atoms with van der Waals surface area (Å²) in [6.45, 7) is 0.838. The van der Waals surface area contributed by atoms with Crippen LogP contribution in [0.1, 0.15) is 16.8 Å². The summed E-state index contributed by atoms with van der Waals surface area (Å²) in [4.78, 5) is 24.7. The Hall–Kier alpha value is -1.43. The van der Waals surface area contributed by atoms with Crippen molar-refractivity contribution in [3.63, 3.8) is 0 Å². The van der Waals surface area contributed by atoms with Gasteiger partial charge in [0.05, 0.1) is 10.4 Å². The first-order valence-electron chi connectivity index (χ1n) is 5.52. The van der Waals surface area contributed by atoms with Crippen LogP contribution in [0.3, 0.4) is 0 Å². The zero-order chi connectivity index (χ0) is 13.3. The van der Waals surface area contributed by atoms with E-state index in [1.54, 1.807) is 4.90 Å². The van der Waals surface area contributed by atoms with Crippen molar-refractivity contribution in [2.45, 2.75) is 6.42 Å². The van der Waals surface area contributed by atoms with Gasteiger partial charge in [-0.3, -0.25) is 9.59 Å². The maximum atomic E-state index is 13.1. The Labute approximate surface area is 112 Å². The fraction of sp³-hybridized carbons (Fsp3) is 0.333. The van der Waals surface area contributed by atoms with E-state index >= 15 is 0 Å². The minimum absolute atomic E-state index is 0.209. The van der Waals surface area contributed by atoms with Gasteiger partial charge >= 0.3 is 0 Å². The van der Waals surface area contributed by atoms with Gasteiger partial charge in [-0.1, -0.05) is 0 Å². The van der Waals surface area contributed by atoms with Gasteiger partial charge in [0, 0.05) is 18.7 Å². The predicted molar refractivity (Wildman–Crippen MR) is 67.3 cm³/mol. The molecule has 1 atom stereocenters. The summed E-state index contributed by atoms with van der Waals surface area (Å²) in [5.74, 6) is -1.29. The summed E-state index contributed by atoms with van der Waals surface area (Å²) < 4.78 is 13.3. The van der Waals surface area contributed by atoms with Crippen LogP contribution in [0.2, 0.25) is 0 Å². The molecule has 0 radical (unpaired) electrons. The van der Waals surface area contributed by atoms with Crippen LogP contribution in [-0.4, -0.2) is 29.8 Å². The number of carbonyl (C=O) groups excluding carboxylic acids is 2. The molecule has 6 heteroatoms. The third-order valence-corrected chi connectivity index (χ3v) is 3.65. The van der Waals surface area contributed by atoms with Crippen LogP contribution >= 0.6 is 15.9 Å². The van der Waals surface area contributed by atoms with Crippen LogP contribution in [-0.2, 0) is 4.79 Å². The Balaban J connectivity index is 2.12. The van der Waals surface area contributed by atoms with Crippen molar-refractivity contribution >= 4 is 27.7 Å². The third kappa shape index (κ3) is 2.53. The molecule has 1 unspecified atom stereocenters. The fourth-order valence-electron chi connectivity index (χ4n) is 1.99. The number of likely N-dealkylation sites (tertiary alicyclic amines) is 1. The van der Waals surface area contributed by atoms with E-state index in [-0.39, 0.29) is 22.2 Å². The minimum Gasteiger partial charge on any atom is -0.369 e. The monoisotopic (exact) mass is 314 g/mol. The summed E-state index contributed by atoms with van der Waals surface area (Å²) in [7, 11) is 0. The van der Waals surface area contributed by atoms with E-state index < -0.39 is 5.82 Å². The highest BCUT2D eigenvalue weighted by molar-refractivity contribution is 9.10. The maximum absolute atomic E-state index is 13.1. The number of nitrogens with two attached hydrogens (primary N) is 1. The molecule has 18 heavy (non-hydrogen) atoms. The molecule has 96 valence electrons. The van der Waals surface area contributed by atoms with E-state index in [0.29, 0.717) is 25.1 Å². The molecule has 1 aromatic rings. The minimum atomic E-state index is -0.414. The van der Waals surface area contributed by atoms with Crippen molar-refractivity contribution in [1.29, 1.82) is 0 Å². The van der Waals surface area contributed by atoms with Gasteiger partial charge in [-0.2, -0.15) is 0 Å². The van der Waals surface area contributed by atoms with Crippen LogP contribution in [0, 0.1) is 11.7 Å². The number of hydrogen-bond acceptors (Lipinski definition) is 2. The number of primary amides is 1. The maximum Gasteiger partial charge on any atom is 0.253 e. The molecule has 0 aliphatic carbocycles. The van der Waals surface area contributed by atoms with Crippen LogP contribution in [0.15, 0.2) is 22.7 Å². The number of amides is 2. The molecule has 0 aromatic heterocycles. The van der Waals surface area contributed by atoms with E-state index in [4.69, 9.17) is 5.73 Å². The molecule has 1 aromatic carbocycles. The van der Waals surface area contributed by atoms with Gasteiger partial charge in [0.15, 0.2) is 0 Å². The average Bonchev–Trinajstić information content (AvgIpc) is 2.81. The summed E-state index contributed by atoms with van der Waals surface area (Å²) in [6.07, 6.45) is 0.587. The van der Waals surface area contributed by atoms with Gasteiger partial charge in [0.25, 0.3) is 5.91 Å². The molecule has 2 N–H and O–H groups in total. The number of rotatable bonds is 2. The predicted octanol–water partition coefficient (Wildman–Crippen LogP) is 1.54. The Kier molecular flexibility index (Phi) is 3.65. The normalized spacial score (nSPS) is 19.0. The van der Waals surface area contributed by atoms with Gasteiger partial charge in [0.2, 0.25) is 5.91 Å². The van der Waals surface area contributed by atoms with E-state index in [9.17, 15) is 14.0 Å². The Morgan fingerprint density at radius 3 is 2.72 bits per heavy atom. The number of nitrogens with zero attached hydrogens (tertiary/aromatic N) is 1. The van der Waals surface area contributed by atoms with Crippen molar-refractivity contribution < 1.29 is 14.0 Å². The highest BCUT2D eigenvalue weighted by Gasteiger charge is 2.30. The van der Waals surface area contributed by atoms with Gasteiger partial charge < -0.3 is 10.6 Å². The Bertz CT molecular complexity index is 507. The van der Waals surface area contributed by atoms with E-state index in [2.05, 4.69) is 15.9 Å². The molecule has 4 nitrogen and oxygen atoms in total. The lowest BCUT2D eigenvalue weighted by atomic mass is 10.1. The summed E-state index contributed by atoms with van der Waals surface area (Å²) in [5.41, 5.74) is 5.61. The molecule has 0 saturated carbocycles. The van der Waals surface area contributed by atoms with E-state index in [1.165, 1.54) is 18.2 Å². The fourth-order valence-corrected chi connectivity index (χ4v) is 2.37. The molecule has 1 fully saturated rings. The SMILES string of the molecule is NC(=O)C1CCN(C(=O)c2ccc(F)c(Br)c2)C1. The second kappa shape index (κ2) is 5.06. The number of benzene rings is 1. The first-order valence-corrected chi connectivity index (χ1v) is 6.32. The van der Waals surface area contributed by atoms with Gasteiger partial charge in [-0.05, 0) is 40.5 Å². The first kappa shape index (κ1) is 13.0. The molecule has 1 heterocycles. The highest BCUT2D eigenvalue weighted by Crippen LogP contribution is 2.21. The first-order chi connectivity index (χ1) is 8.49. The van der Waals surface area contributed by atoms with E-state index in [0.717, 1.165) is 0 Å². The van der Waals surface area contributed by atoms with Crippen molar-refractivity contribution in [2.24, 2.45) is 11.7 Å². The molecule has 0 bridgehead atoms. The third-order valence-electron chi connectivity index (χ3n) is 3.04. The van der Waals surface area contributed by atoms with E-state index in [1.807, 2.05) is 0 Å². The lowest BCUT2D eigenvalue weighted by molar-refractivity contribution is -0.121. The number of halogens is 2. The van der Waals surface area contributed by atoms with Crippen LogP contribution in [0.5, 0.6) is 0 Å². The van der Waals surface area contributed by atoms with Crippen molar-refractivity contribution in [1.82, 2.24) is 4.90 Å². The van der Waals surface area contributed by atoms with Gasteiger partial charge in [-0.15, -0.1) is 0 Å². The molecule has 2 amide bonds. The lowest BCUT2D eigenvalue weighted by Crippen LogP contribution is -2.31. The second-order valence-corrected chi connectivity index (χ2v) is 5.12. The van der Waals surface area contributed by atoms with Crippen LogP contribution < -0.4 is 5.73 Å². The van der Waals surface area contributed by atoms with Crippen molar-refractivity contribution in [2.75, 3.05) is 13.1 Å². The van der Waals surface area contributed by atoms with Gasteiger partial charge in [0.1, 0.15) is 5.82 Å². The van der Waals surface area contributed by atoms with Crippen LogP contribution in [0.25, 0.3) is 0 Å². The lowest BCUT2D eigenvalue weighted by Gasteiger charge is -2.16. The molecular weight excluding hydrogens is 303 g/mol. The van der Waals surface area contributed by atoms with Crippen molar-refractivity contribution in [3.8, 4) is 0 Å². The second-order valence-electron chi connectivity index (χ2n) is 4.27. The standard InChI is InChI=1S/C12H12BrFN2O2/c13-9-5-7(1-2-10(9)14)12(18)16-4-3-8(6-16)11(15)17/h1-2,5,8H,3-4,6H2,(H2,15,17). The average molecular weight is 315 g/mol. The van der Waals surface area contributed by atoms with Crippen molar-refractivity contribution in [3.05, 3.63) is 34.1 Å². The van der Waals surface area contributed by atoms with Gasteiger partial charge in [-0.25, -0.2) is 4.39 Å². The Morgan fingerprint density at radius 2 is 2.17 bits per heavy atom. The Morgan fingerprint density at radius 1 is 1.44 bits per heavy atom. The largest absolute Gasteiger partial charge is 0.369 e. The zero-order valence-electron chi connectivity index (χ0n) is 9.53. The zero-order valence-corrected chi connectivity index (χ0v) is 11.1. The number of carbonyl (C=O) groups is 2. The number of hydrogen-bond donors (Lipinski definition) is 1. The molecule has 1 saturated heterocycles. The molecule has 1 aliphatic rings. The molecular formula is C12H12BrFN2O2. The molecule has 1 aliphatic heterocycles. The van der Waals surface area contributed by atoms with Crippen LogP contribution in [0.4, 0.5) is 4.39 Å². The summed E-state index contributed by atoms with van der Waals surface area (Å²) in [5, 5.41) is 0. The topological polar surface area (TPSA) is 63.4 Å². The summed E-state index contributed by atoms with van der Waals surface area (Å²) >= 11 is 3.04. The summed E-state index contributed by atoms with van der Waals surface area (Å²) in [6, 6.07) is 4.11. The smallest absolute Gasteiger partial charge is 0.253 e. The molecule has 2 rings (SSSR count).